The number of rotatable bonds is 2. The average molecular weight is 333 g/mol. The van der Waals surface area contributed by atoms with Crippen molar-refractivity contribution in [3.05, 3.63) is 64.4 Å². The number of carbonyl (C=O) groups excluding carboxylic acids is 1. The minimum Gasteiger partial charge on any atom is -0.478 e. The highest BCUT2D eigenvalue weighted by Crippen LogP contribution is 2.45. The second-order valence-corrected chi connectivity index (χ2v) is 6.98. The molecule has 0 spiro atoms. The predicted molar refractivity (Wildman–Crippen MR) is 94.6 cm³/mol. The van der Waals surface area contributed by atoms with E-state index >= 15 is 0 Å². The van der Waals surface area contributed by atoms with Crippen molar-refractivity contribution in [1.29, 1.82) is 0 Å². The van der Waals surface area contributed by atoms with Crippen LogP contribution in [0, 0.1) is 6.92 Å². The summed E-state index contributed by atoms with van der Waals surface area (Å²) in [6, 6.07) is 12.4. The number of Topliss-reactive ketones (excluding diaryl/α,β-unsaturated/α-hetero) is 1. The van der Waals surface area contributed by atoms with Crippen LogP contribution >= 0.6 is 0 Å². The quantitative estimate of drug-likeness (QED) is 0.781. The van der Waals surface area contributed by atoms with E-state index < -0.39 is 0 Å². The van der Waals surface area contributed by atoms with Gasteiger partial charge in [-0.2, -0.15) is 0 Å². The third kappa shape index (κ3) is 2.45. The summed E-state index contributed by atoms with van der Waals surface area (Å²) in [7, 11) is 0. The topological polar surface area (TPSA) is 38.8 Å². The van der Waals surface area contributed by atoms with Crippen LogP contribution in [0.2, 0.25) is 0 Å². The molecule has 0 N–H and O–H groups in total. The van der Waals surface area contributed by atoms with Crippen molar-refractivity contribution in [2.24, 2.45) is 0 Å². The Morgan fingerprint density at radius 1 is 1.20 bits per heavy atom. The summed E-state index contributed by atoms with van der Waals surface area (Å²) in [6.07, 6.45) is 4.27. The molecule has 1 saturated carbocycles. The number of carbonyl (C=O) groups is 1. The first kappa shape index (κ1) is 14.7. The van der Waals surface area contributed by atoms with Crippen LogP contribution in [0.1, 0.15) is 39.9 Å². The van der Waals surface area contributed by atoms with Crippen LogP contribution < -0.4 is 9.47 Å². The number of fused-ring (bicyclic) bond motifs is 3. The van der Waals surface area contributed by atoms with E-state index in [1.165, 1.54) is 12.8 Å². The van der Waals surface area contributed by atoms with Gasteiger partial charge in [-0.15, -0.1) is 0 Å². The molecular formula is C21H19NO3. The summed E-state index contributed by atoms with van der Waals surface area (Å²) >= 11 is 0. The fourth-order valence-electron chi connectivity index (χ4n) is 3.62. The molecule has 4 nitrogen and oxygen atoms in total. The summed E-state index contributed by atoms with van der Waals surface area (Å²) in [5, 5.41) is 0. The molecule has 2 aromatic rings. The van der Waals surface area contributed by atoms with Gasteiger partial charge in [0.05, 0.1) is 11.1 Å². The van der Waals surface area contributed by atoms with Gasteiger partial charge < -0.3 is 9.47 Å². The lowest BCUT2D eigenvalue weighted by Gasteiger charge is -2.30. The molecule has 25 heavy (non-hydrogen) atoms. The van der Waals surface area contributed by atoms with Crippen LogP contribution in [0.3, 0.4) is 0 Å². The smallest absolute Gasteiger partial charge is 0.232 e. The van der Waals surface area contributed by atoms with E-state index in [1.54, 1.807) is 0 Å². The number of benzene rings is 2. The molecule has 0 bridgehead atoms. The van der Waals surface area contributed by atoms with Crippen molar-refractivity contribution in [3.63, 3.8) is 0 Å². The molecule has 3 aliphatic rings. The predicted octanol–water partition coefficient (Wildman–Crippen LogP) is 3.93. The van der Waals surface area contributed by atoms with E-state index in [1.807, 2.05) is 49.4 Å². The number of ketones is 1. The normalized spacial score (nSPS) is 20.8. The molecule has 0 saturated heterocycles. The Kier molecular flexibility index (Phi) is 3.22. The molecule has 0 atom stereocenters. The van der Waals surface area contributed by atoms with Crippen molar-refractivity contribution in [1.82, 2.24) is 4.90 Å². The molecule has 2 aliphatic heterocycles. The highest BCUT2D eigenvalue weighted by molar-refractivity contribution is 6.15. The van der Waals surface area contributed by atoms with Gasteiger partial charge in [-0.05, 0) is 43.0 Å². The third-order valence-corrected chi connectivity index (χ3v) is 5.11. The van der Waals surface area contributed by atoms with E-state index in [9.17, 15) is 4.79 Å². The van der Waals surface area contributed by atoms with E-state index in [4.69, 9.17) is 9.47 Å². The second kappa shape index (κ2) is 5.46. The van der Waals surface area contributed by atoms with Crippen molar-refractivity contribution >= 4 is 11.9 Å². The fraction of sp³-hybridized carbons (Fsp3) is 0.286. The van der Waals surface area contributed by atoms with E-state index in [-0.39, 0.29) is 5.78 Å². The summed E-state index contributed by atoms with van der Waals surface area (Å²) < 4.78 is 12.0. The number of nitrogens with zero attached hydrogens (tertiary/aromatic N) is 1. The lowest BCUT2D eigenvalue weighted by molar-refractivity contribution is 0.0867. The van der Waals surface area contributed by atoms with Crippen LogP contribution in [0.25, 0.3) is 6.08 Å². The number of hydrogen-bond donors (Lipinski definition) is 0. The fourth-order valence-corrected chi connectivity index (χ4v) is 3.62. The largest absolute Gasteiger partial charge is 0.478 e. The molecule has 0 unspecified atom stereocenters. The first-order valence-corrected chi connectivity index (χ1v) is 8.73. The first-order valence-electron chi connectivity index (χ1n) is 8.73. The molecule has 4 heteroatoms. The number of aryl methyl sites for hydroxylation is 1. The van der Waals surface area contributed by atoms with Crippen molar-refractivity contribution in [2.75, 3.05) is 6.73 Å². The van der Waals surface area contributed by atoms with Gasteiger partial charge >= 0.3 is 0 Å². The Morgan fingerprint density at radius 3 is 2.76 bits per heavy atom. The van der Waals surface area contributed by atoms with Crippen LogP contribution in [0.15, 0.2) is 42.2 Å². The molecule has 0 amide bonds. The van der Waals surface area contributed by atoms with E-state index in [0.29, 0.717) is 29.8 Å². The maximum atomic E-state index is 12.9. The molecule has 0 radical (unpaired) electrons. The highest BCUT2D eigenvalue weighted by Gasteiger charge is 2.38. The zero-order chi connectivity index (χ0) is 17.0. The molecule has 0 aromatic heterocycles. The van der Waals surface area contributed by atoms with Gasteiger partial charge in [-0.1, -0.05) is 30.3 Å². The zero-order valence-electron chi connectivity index (χ0n) is 14.1. The van der Waals surface area contributed by atoms with Crippen LogP contribution in [-0.2, 0) is 6.54 Å². The van der Waals surface area contributed by atoms with E-state index in [0.717, 1.165) is 29.0 Å². The maximum absolute atomic E-state index is 12.9. The molecular weight excluding hydrogens is 314 g/mol. The van der Waals surface area contributed by atoms with Crippen molar-refractivity contribution in [2.45, 2.75) is 32.4 Å². The van der Waals surface area contributed by atoms with Gasteiger partial charge in [0.1, 0.15) is 18.2 Å². The summed E-state index contributed by atoms with van der Waals surface area (Å²) in [4.78, 5) is 15.2. The van der Waals surface area contributed by atoms with Gasteiger partial charge in [-0.3, -0.25) is 9.69 Å². The minimum absolute atomic E-state index is 0.0392. The Balaban J connectivity index is 1.56. The zero-order valence-corrected chi connectivity index (χ0v) is 14.1. The van der Waals surface area contributed by atoms with Gasteiger partial charge in [0.2, 0.25) is 5.78 Å². The van der Waals surface area contributed by atoms with Gasteiger partial charge in [0.15, 0.2) is 5.76 Å². The van der Waals surface area contributed by atoms with Crippen molar-refractivity contribution < 1.29 is 14.3 Å². The van der Waals surface area contributed by atoms with Crippen LogP contribution in [0.5, 0.6) is 11.5 Å². The summed E-state index contributed by atoms with van der Waals surface area (Å²) in [6.45, 7) is 3.35. The number of hydrogen-bond acceptors (Lipinski definition) is 4. The molecule has 1 aliphatic carbocycles. The average Bonchev–Trinajstić information content (AvgIpc) is 3.41. The maximum Gasteiger partial charge on any atom is 0.232 e. The Bertz CT molecular complexity index is 897. The van der Waals surface area contributed by atoms with Gasteiger partial charge in [0, 0.05) is 12.6 Å². The first-order chi connectivity index (χ1) is 12.2. The van der Waals surface area contributed by atoms with Crippen molar-refractivity contribution in [3.8, 4) is 11.5 Å². The standard InChI is InChI=1S/C21H19NO3/c1-13-9-17-16(11-22(12-24-17)15-7-8-15)21-19(13)20(23)18(25-21)10-14-5-3-2-4-6-14/h2-6,9-10,15H,7-8,11-12H2,1H3/b18-10-. The Hall–Kier alpha value is -2.59. The number of ether oxygens (including phenoxy) is 2. The minimum atomic E-state index is -0.0392. The molecule has 1 fully saturated rings. The Morgan fingerprint density at radius 2 is 2.00 bits per heavy atom. The molecule has 126 valence electrons. The molecule has 2 heterocycles. The number of allylic oxidation sites excluding steroid dienone is 1. The van der Waals surface area contributed by atoms with Crippen LogP contribution in [-0.4, -0.2) is 23.5 Å². The van der Waals surface area contributed by atoms with Gasteiger partial charge in [-0.25, -0.2) is 0 Å². The summed E-state index contributed by atoms with van der Waals surface area (Å²) in [5.74, 6) is 1.89. The van der Waals surface area contributed by atoms with E-state index in [2.05, 4.69) is 4.90 Å². The summed E-state index contributed by atoms with van der Waals surface area (Å²) in [5.41, 5.74) is 3.56. The van der Waals surface area contributed by atoms with Crippen LogP contribution in [0.4, 0.5) is 0 Å². The lowest BCUT2D eigenvalue weighted by Crippen LogP contribution is -2.34. The molecule has 5 rings (SSSR count). The second-order valence-electron chi connectivity index (χ2n) is 6.98. The molecule has 2 aromatic carbocycles. The monoisotopic (exact) mass is 333 g/mol. The highest BCUT2D eigenvalue weighted by atomic mass is 16.5. The lowest BCUT2D eigenvalue weighted by atomic mass is 9.98. The SMILES string of the molecule is Cc1cc2c(c3c1C(=O)/C(=C/c1ccccc1)O3)CN(C1CC1)CO2. The third-order valence-electron chi connectivity index (χ3n) is 5.11. The Labute approximate surface area is 146 Å². The van der Waals surface area contributed by atoms with Gasteiger partial charge in [0.25, 0.3) is 0 Å².